The van der Waals surface area contributed by atoms with Crippen LogP contribution >= 0.6 is 0 Å². The molecule has 4 heteroatoms. The van der Waals surface area contributed by atoms with Crippen LogP contribution in [0.25, 0.3) is 10.9 Å². The van der Waals surface area contributed by atoms with Gasteiger partial charge >= 0.3 is 5.97 Å². The summed E-state index contributed by atoms with van der Waals surface area (Å²) in [6.07, 6.45) is 0.700. The number of benzene rings is 1. The summed E-state index contributed by atoms with van der Waals surface area (Å²) in [7, 11) is 0. The molecule has 0 bridgehead atoms. The number of nitrogens with two attached hydrogens (primary N) is 1. The number of nitrogen functional groups attached to an aromatic ring is 1. The average molecular weight is 272 g/mol. The molecule has 2 rings (SSSR count). The lowest BCUT2D eigenvalue weighted by Gasteiger charge is -2.15. The Bertz CT molecular complexity index is 623. The molecule has 0 fully saturated rings. The minimum Gasteiger partial charge on any atom is -0.458 e. The van der Waals surface area contributed by atoms with Crippen molar-refractivity contribution in [2.75, 3.05) is 5.73 Å². The normalized spacial score (nSPS) is 12.6. The maximum atomic E-state index is 12.1. The smallest absolute Gasteiger partial charge is 0.357 e. The quantitative estimate of drug-likeness (QED) is 0.866. The zero-order chi connectivity index (χ0) is 14.7. The molecule has 0 aliphatic heterocycles. The lowest BCUT2D eigenvalue weighted by atomic mass is 10.1. The molecule has 0 radical (unpaired) electrons. The summed E-state index contributed by atoms with van der Waals surface area (Å²) < 4.78 is 5.39. The second-order valence-electron chi connectivity index (χ2n) is 5.46. The summed E-state index contributed by atoms with van der Waals surface area (Å²) in [6, 6.07) is 9.05. The van der Waals surface area contributed by atoms with E-state index < -0.39 is 5.97 Å². The van der Waals surface area contributed by atoms with Crippen LogP contribution in [-0.2, 0) is 4.74 Å². The Morgan fingerprint density at radius 2 is 2.00 bits per heavy atom. The third kappa shape index (κ3) is 3.26. The van der Waals surface area contributed by atoms with Crippen LogP contribution in [0, 0.1) is 5.92 Å². The standard InChI is InChI=1S/C16H20N2O2/c1-10(2)8-11(3)20-16(19)15-9-13(17)12-6-4-5-7-14(12)18-15/h4-7,9-11H,8H2,1-3H3,(H2,17,18). The number of rotatable bonds is 4. The van der Waals surface area contributed by atoms with Crippen molar-refractivity contribution in [1.29, 1.82) is 0 Å². The molecule has 1 heterocycles. The van der Waals surface area contributed by atoms with E-state index in [1.807, 2.05) is 31.2 Å². The van der Waals surface area contributed by atoms with Crippen molar-refractivity contribution in [3.8, 4) is 0 Å². The van der Waals surface area contributed by atoms with Gasteiger partial charge in [-0.15, -0.1) is 0 Å². The molecule has 1 aromatic carbocycles. The van der Waals surface area contributed by atoms with E-state index in [-0.39, 0.29) is 11.8 Å². The molecule has 1 atom stereocenters. The van der Waals surface area contributed by atoms with Gasteiger partial charge in [0.1, 0.15) is 0 Å². The molecule has 0 amide bonds. The number of nitrogens with zero attached hydrogens (tertiary/aromatic N) is 1. The Balaban J connectivity index is 2.22. The number of aromatic nitrogens is 1. The maximum absolute atomic E-state index is 12.1. The van der Waals surface area contributed by atoms with Gasteiger partial charge in [-0.05, 0) is 31.4 Å². The van der Waals surface area contributed by atoms with Crippen LogP contribution in [0.15, 0.2) is 30.3 Å². The Kier molecular flexibility index (Phi) is 4.23. The van der Waals surface area contributed by atoms with Gasteiger partial charge in [0.15, 0.2) is 5.69 Å². The van der Waals surface area contributed by atoms with Gasteiger partial charge in [0.2, 0.25) is 0 Å². The van der Waals surface area contributed by atoms with E-state index in [9.17, 15) is 4.79 Å². The second-order valence-corrected chi connectivity index (χ2v) is 5.46. The number of ether oxygens (including phenoxy) is 1. The zero-order valence-electron chi connectivity index (χ0n) is 12.1. The highest BCUT2D eigenvalue weighted by Gasteiger charge is 2.16. The number of pyridine rings is 1. The van der Waals surface area contributed by atoms with E-state index in [1.54, 1.807) is 6.07 Å². The molecule has 2 aromatic rings. The Morgan fingerprint density at radius 1 is 1.30 bits per heavy atom. The van der Waals surface area contributed by atoms with Crippen molar-refractivity contribution in [2.45, 2.75) is 33.3 Å². The van der Waals surface area contributed by atoms with E-state index in [1.165, 1.54) is 0 Å². The van der Waals surface area contributed by atoms with Crippen LogP contribution < -0.4 is 5.73 Å². The number of para-hydroxylation sites is 1. The highest BCUT2D eigenvalue weighted by atomic mass is 16.5. The number of hydrogen-bond acceptors (Lipinski definition) is 4. The molecule has 0 aliphatic carbocycles. The van der Waals surface area contributed by atoms with E-state index >= 15 is 0 Å². The molecule has 0 aliphatic rings. The topological polar surface area (TPSA) is 65.2 Å². The van der Waals surface area contributed by atoms with Crippen molar-refractivity contribution >= 4 is 22.6 Å². The van der Waals surface area contributed by atoms with Gasteiger partial charge in [0.05, 0.1) is 11.6 Å². The minimum atomic E-state index is -0.421. The van der Waals surface area contributed by atoms with E-state index in [0.29, 0.717) is 17.1 Å². The molecular formula is C16H20N2O2. The fraction of sp³-hybridized carbons (Fsp3) is 0.375. The molecule has 1 unspecified atom stereocenters. The van der Waals surface area contributed by atoms with Crippen molar-refractivity contribution in [1.82, 2.24) is 4.98 Å². The molecule has 20 heavy (non-hydrogen) atoms. The first kappa shape index (κ1) is 14.3. The molecule has 1 aromatic heterocycles. The van der Waals surface area contributed by atoms with Gasteiger partial charge < -0.3 is 10.5 Å². The zero-order valence-corrected chi connectivity index (χ0v) is 12.1. The number of esters is 1. The van der Waals surface area contributed by atoms with Crippen LogP contribution in [0.5, 0.6) is 0 Å². The predicted octanol–water partition coefficient (Wildman–Crippen LogP) is 3.41. The summed E-state index contributed by atoms with van der Waals surface area (Å²) in [5, 5.41) is 0.847. The largest absolute Gasteiger partial charge is 0.458 e. The Morgan fingerprint density at radius 3 is 2.70 bits per heavy atom. The molecule has 106 valence electrons. The first-order valence-corrected chi connectivity index (χ1v) is 6.83. The molecule has 2 N–H and O–H groups in total. The van der Waals surface area contributed by atoms with Crippen LogP contribution in [-0.4, -0.2) is 17.1 Å². The molecule has 4 nitrogen and oxygen atoms in total. The van der Waals surface area contributed by atoms with Gasteiger partial charge in [-0.1, -0.05) is 32.0 Å². The van der Waals surface area contributed by atoms with Gasteiger partial charge in [0, 0.05) is 11.1 Å². The summed E-state index contributed by atoms with van der Waals surface area (Å²) >= 11 is 0. The highest BCUT2D eigenvalue weighted by molar-refractivity contribution is 5.96. The third-order valence-electron chi connectivity index (χ3n) is 3.07. The summed E-state index contributed by atoms with van der Waals surface area (Å²) in [4.78, 5) is 16.4. The molecule has 0 spiro atoms. The minimum absolute atomic E-state index is 0.128. The maximum Gasteiger partial charge on any atom is 0.357 e. The number of fused-ring (bicyclic) bond motifs is 1. The van der Waals surface area contributed by atoms with Gasteiger partial charge in [-0.3, -0.25) is 0 Å². The monoisotopic (exact) mass is 272 g/mol. The first-order chi connectivity index (χ1) is 9.47. The van der Waals surface area contributed by atoms with Gasteiger partial charge in [-0.25, -0.2) is 9.78 Å². The van der Waals surface area contributed by atoms with E-state index in [0.717, 1.165) is 11.8 Å². The summed E-state index contributed by atoms with van der Waals surface area (Å²) in [6.45, 7) is 6.08. The Labute approximate surface area is 119 Å². The van der Waals surface area contributed by atoms with Crippen molar-refractivity contribution < 1.29 is 9.53 Å². The van der Waals surface area contributed by atoms with Crippen molar-refractivity contribution in [2.24, 2.45) is 5.92 Å². The SMILES string of the molecule is CC(C)CC(C)OC(=O)c1cc(N)c2ccccc2n1. The average Bonchev–Trinajstić information content (AvgIpc) is 2.37. The van der Waals surface area contributed by atoms with Crippen LogP contribution in [0.4, 0.5) is 5.69 Å². The number of anilines is 1. The van der Waals surface area contributed by atoms with Crippen molar-refractivity contribution in [3.05, 3.63) is 36.0 Å². The lowest BCUT2D eigenvalue weighted by Crippen LogP contribution is -2.18. The van der Waals surface area contributed by atoms with Crippen molar-refractivity contribution in [3.63, 3.8) is 0 Å². The molecule has 0 saturated heterocycles. The van der Waals surface area contributed by atoms with Gasteiger partial charge in [-0.2, -0.15) is 0 Å². The number of hydrogen-bond donors (Lipinski definition) is 1. The van der Waals surface area contributed by atoms with Gasteiger partial charge in [0.25, 0.3) is 0 Å². The van der Waals surface area contributed by atoms with E-state index in [2.05, 4.69) is 18.8 Å². The molecule has 0 saturated carbocycles. The predicted molar refractivity (Wildman–Crippen MR) is 80.5 cm³/mol. The highest BCUT2D eigenvalue weighted by Crippen LogP contribution is 2.21. The number of carbonyl (C=O) groups excluding carboxylic acids is 1. The molecular weight excluding hydrogens is 252 g/mol. The third-order valence-corrected chi connectivity index (χ3v) is 3.07. The summed E-state index contributed by atoms with van der Waals surface area (Å²) in [5.41, 5.74) is 7.46. The number of carbonyl (C=O) groups is 1. The first-order valence-electron chi connectivity index (χ1n) is 6.83. The summed E-state index contributed by atoms with van der Waals surface area (Å²) in [5.74, 6) is 0.0584. The second kappa shape index (κ2) is 5.90. The fourth-order valence-electron chi connectivity index (χ4n) is 2.26. The lowest BCUT2D eigenvalue weighted by molar-refractivity contribution is 0.0293. The van der Waals surface area contributed by atoms with E-state index in [4.69, 9.17) is 10.5 Å². The van der Waals surface area contributed by atoms with Crippen LogP contribution in [0.2, 0.25) is 0 Å². The Hall–Kier alpha value is -2.10. The van der Waals surface area contributed by atoms with Crippen LogP contribution in [0.1, 0.15) is 37.7 Å². The fourth-order valence-corrected chi connectivity index (χ4v) is 2.26. The van der Waals surface area contributed by atoms with Crippen LogP contribution in [0.3, 0.4) is 0 Å².